The Kier molecular flexibility index (Phi) is 10.6. The van der Waals surface area contributed by atoms with Gasteiger partial charge in [0.25, 0.3) is 0 Å². The van der Waals surface area contributed by atoms with Crippen molar-refractivity contribution in [1.82, 2.24) is 0 Å². The van der Waals surface area contributed by atoms with E-state index in [1.54, 1.807) is 74.9 Å². The van der Waals surface area contributed by atoms with E-state index >= 15 is 0 Å². The lowest BCUT2D eigenvalue weighted by Gasteiger charge is -2.06. The first-order valence-electron chi connectivity index (χ1n) is 14.3. The second kappa shape index (κ2) is 15.5. The number of phenols is 2. The molecule has 14 nitrogen and oxygen atoms in total. The quantitative estimate of drug-likeness (QED) is 0.127. The Bertz CT molecular complexity index is 1890. The fraction of sp³-hybridized carbons (Fsp3) is 0.118. The third-order valence-electron chi connectivity index (χ3n) is 6.65. The number of phenolic OH excluding ortho intramolecular Hbond substituents is 2. The summed E-state index contributed by atoms with van der Waals surface area (Å²) in [6.07, 6.45) is 0. The molecule has 0 bridgehead atoms. The minimum atomic E-state index is -0.321. The van der Waals surface area contributed by atoms with E-state index in [0.717, 1.165) is 6.07 Å². The summed E-state index contributed by atoms with van der Waals surface area (Å²) >= 11 is 0. The molecule has 0 spiro atoms. The van der Waals surface area contributed by atoms with Gasteiger partial charge in [-0.2, -0.15) is 10.2 Å². The van der Waals surface area contributed by atoms with Crippen LogP contribution >= 0.6 is 0 Å². The number of para-hydroxylation sites is 2. The Morgan fingerprint density at radius 1 is 0.354 bits per heavy atom. The monoisotopic (exact) mass is 646 g/mol. The Balaban J connectivity index is 1.34. The zero-order valence-electron chi connectivity index (χ0n) is 26.3. The number of rotatable bonds is 12. The van der Waals surface area contributed by atoms with Gasteiger partial charge in [0.1, 0.15) is 68.6 Å². The highest BCUT2D eigenvalue weighted by atomic mass is 16.5. The first-order valence-corrected chi connectivity index (χ1v) is 14.3. The molecule has 0 unspecified atom stereocenters. The van der Waals surface area contributed by atoms with Gasteiger partial charge in [-0.1, -0.05) is 24.3 Å². The second-order valence-electron chi connectivity index (χ2n) is 9.69. The number of azo groups is 4. The maximum absolute atomic E-state index is 10.4. The van der Waals surface area contributed by atoms with Crippen LogP contribution in [-0.2, 0) is 0 Å². The van der Waals surface area contributed by atoms with E-state index in [4.69, 9.17) is 18.9 Å². The van der Waals surface area contributed by atoms with E-state index in [2.05, 4.69) is 40.9 Å². The molecule has 5 aromatic carbocycles. The van der Waals surface area contributed by atoms with Crippen molar-refractivity contribution in [3.05, 3.63) is 97.1 Å². The molecule has 242 valence electrons. The molecule has 0 amide bonds. The van der Waals surface area contributed by atoms with Crippen LogP contribution in [0.15, 0.2) is 138 Å². The number of hydrogen-bond donors (Lipinski definition) is 2. The van der Waals surface area contributed by atoms with Gasteiger partial charge in [0.15, 0.2) is 0 Å². The van der Waals surface area contributed by atoms with Crippen molar-refractivity contribution in [2.24, 2.45) is 40.9 Å². The highest BCUT2D eigenvalue weighted by Gasteiger charge is 2.11. The normalized spacial score (nSPS) is 11.6. The largest absolute Gasteiger partial charge is 0.505 e. The summed E-state index contributed by atoms with van der Waals surface area (Å²) in [6.45, 7) is 0. The smallest absolute Gasteiger partial charge is 0.148 e. The van der Waals surface area contributed by atoms with Crippen LogP contribution in [-0.4, -0.2) is 38.7 Å². The van der Waals surface area contributed by atoms with Crippen LogP contribution in [0.2, 0.25) is 0 Å². The molecule has 0 atom stereocenters. The lowest BCUT2D eigenvalue weighted by Crippen LogP contribution is -1.83. The Hall–Kier alpha value is -6.70. The van der Waals surface area contributed by atoms with Gasteiger partial charge < -0.3 is 29.2 Å². The van der Waals surface area contributed by atoms with E-state index in [1.165, 1.54) is 20.3 Å². The maximum atomic E-state index is 10.4. The highest BCUT2D eigenvalue weighted by Crippen LogP contribution is 2.42. The van der Waals surface area contributed by atoms with Crippen molar-refractivity contribution in [2.45, 2.75) is 0 Å². The van der Waals surface area contributed by atoms with E-state index in [0.29, 0.717) is 57.1 Å². The van der Waals surface area contributed by atoms with Crippen LogP contribution in [0.5, 0.6) is 34.5 Å². The van der Waals surface area contributed by atoms with E-state index in [-0.39, 0.29) is 22.9 Å². The van der Waals surface area contributed by atoms with Gasteiger partial charge in [0.2, 0.25) is 0 Å². The summed E-state index contributed by atoms with van der Waals surface area (Å²) in [5, 5.41) is 54.6. The molecule has 0 saturated carbocycles. The van der Waals surface area contributed by atoms with Gasteiger partial charge >= 0.3 is 0 Å². The summed E-state index contributed by atoms with van der Waals surface area (Å²) in [5.41, 5.74) is 2.94. The molecule has 0 aromatic heterocycles. The topological polar surface area (TPSA) is 176 Å². The second-order valence-corrected chi connectivity index (χ2v) is 9.69. The molecule has 48 heavy (non-hydrogen) atoms. The predicted molar refractivity (Wildman–Crippen MR) is 178 cm³/mol. The fourth-order valence-corrected chi connectivity index (χ4v) is 4.20. The average Bonchev–Trinajstić information content (AvgIpc) is 3.12. The number of nitrogens with zero attached hydrogens (tertiary/aromatic N) is 8. The zero-order valence-corrected chi connectivity index (χ0v) is 26.3. The number of ether oxygens (including phenoxy) is 4. The van der Waals surface area contributed by atoms with Crippen molar-refractivity contribution >= 4 is 45.5 Å². The van der Waals surface area contributed by atoms with E-state index < -0.39 is 0 Å². The first-order chi connectivity index (χ1) is 23.4. The molecule has 0 aliphatic rings. The first kappa shape index (κ1) is 32.7. The molecule has 0 aliphatic heterocycles. The third kappa shape index (κ3) is 7.92. The Labute approximate surface area is 275 Å². The summed E-state index contributed by atoms with van der Waals surface area (Å²) in [5.74, 6) is 1.27. The minimum absolute atomic E-state index is 0.0304. The molecule has 5 rings (SSSR count). The number of benzene rings is 5. The van der Waals surface area contributed by atoms with Crippen molar-refractivity contribution in [3.8, 4) is 34.5 Å². The van der Waals surface area contributed by atoms with Crippen LogP contribution in [0.3, 0.4) is 0 Å². The van der Waals surface area contributed by atoms with Crippen LogP contribution in [0.1, 0.15) is 0 Å². The van der Waals surface area contributed by atoms with Crippen molar-refractivity contribution in [2.75, 3.05) is 28.4 Å². The molecule has 2 N–H and O–H groups in total. The lowest BCUT2D eigenvalue weighted by molar-refractivity contribution is 0.415. The van der Waals surface area contributed by atoms with Crippen LogP contribution in [0, 0.1) is 0 Å². The molecule has 0 fully saturated rings. The van der Waals surface area contributed by atoms with Gasteiger partial charge in [-0.05, 0) is 48.5 Å². The SMILES string of the molecule is COc1ccccc1N=Nc1ccc(N=Nc2cc(N=Nc3ccc(N=Nc4ccccc4OC)cc3OC)c(O)cc2O)c(OC)c1. The van der Waals surface area contributed by atoms with E-state index in [1.807, 2.05) is 24.3 Å². The molecule has 14 heteroatoms. The lowest BCUT2D eigenvalue weighted by atomic mass is 10.2. The molecular weight excluding hydrogens is 616 g/mol. The molecule has 5 aromatic rings. The van der Waals surface area contributed by atoms with Gasteiger partial charge in [0, 0.05) is 24.3 Å². The number of methoxy groups -OCH3 is 4. The molecule has 0 saturated heterocycles. The highest BCUT2D eigenvalue weighted by molar-refractivity contribution is 5.67. The van der Waals surface area contributed by atoms with Crippen molar-refractivity contribution in [1.29, 1.82) is 0 Å². The predicted octanol–water partition coefficient (Wildman–Crippen LogP) is 10.8. The van der Waals surface area contributed by atoms with Gasteiger partial charge in [-0.25, -0.2) is 0 Å². The van der Waals surface area contributed by atoms with E-state index in [9.17, 15) is 10.2 Å². The summed E-state index contributed by atoms with van der Waals surface area (Å²) in [7, 11) is 6.09. The van der Waals surface area contributed by atoms with Crippen LogP contribution < -0.4 is 18.9 Å². The molecule has 0 aliphatic carbocycles. The standard InChI is InChI=1S/C34H30N8O6/c1-45-31-11-7-5-9-23(31)37-35-21-13-15-25(33(17-21)47-3)39-41-27-19-28(30(44)20-29(27)43)42-40-26-16-14-22(18-34(26)48-4)36-38-24-10-6-8-12-32(24)46-2/h5-20,43-44H,1-4H3. The minimum Gasteiger partial charge on any atom is -0.505 e. The summed E-state index contributed by atoms with van der Waals surface area (Å²) < 4.78 is 21.5. The van der Waals surface area contributed by atoms with Crippen LogP contribution in [0.25, 0.3) is 0 Å². The molecule has 0 heterocycles. The third-order valence-corrected chi connectivity index (χ3v) is 6.65. The van der Waals surface area contributed by atoms with Crippen molar-refractivity contribution < 1.29 is 29.2 Å². The molecule has 0 radical (unpaired) electrons. The number of hydrogen-bond acceptors (Lipinski definition) is 14. The zero-order chi connectivity index (χ0) is 33.9. The number of aromatic hydroxyl groups is 2. The van der Waals surface area contributed by atoms with Crippen LogP contribution in [0.4, 0.5) is 45.5 Å². The Morgan fingerprint density at radius 3 is 1.12 bits per heavy atom. The maximum Gasteiger partial charge on any atom is 0.148 e. The van der Waals surface area contributed by atoms with Gasteiger partial charge in [-0.3, -0.25) is 0 Å². The van der Waals surface area contributed by atoms with Crippen molar-refractivity contribution in [3.63, 3.8) is 0 Å². The average molecular weight is 647 g/mol. The fourth-order valence-electron chi connectivity index (χ4n) is 4.20. The summed E-state index contributed by atoms with van der Waals surface area (Å²) in [6, 6.07) is 26.9. The van der Waals surface area contributed by atoms with Gasteiger partial charge in [-0.15, -0.1) is 30.7 Å². The summed E-state index contributed by atoms with van der Waals surface area (Å²) in [4.78, 5) is 0. The Morgan fingerprint density at radius 2 is 0.708 bits per heavy atom. The molecular formula is C34H30N8O6. The van der Waals surface area contributed by atoms with Gasteiger partial charge in [0.05, 0.1) is 39.8 Å².